The van der Waals surface area contributed by atoms with Crippen LogP contribution in [0.15, 0.2) is 243 Å². The summed E-state index contributed by atoms with van der Waals surface area (Å²) < 4.78 is 2.32. The van der Waals surface area contributed by atoms with E-state index in [4.69, 9.17) is 15.0 Å². The van der Waals surface area contributed by atoms with Crippen LogP contribution in [-0.2, 0) is 6.42 Å². The van der Waals surface area contributed by atoms with E-state index in [1.54, 1.807) is 0 Å². The number of benzene rings is 7. The molecule has 0 N–H and O–H groups in total. The standard InChI is InChI=1S/C59H45N5/c1-4-19-50(20-5-2)63-41(3)21-9-6-12-24-43-33-34-48(39-55(43)63)58-60-57(47-28-18-27-46(38-47)45-26-17-25-44(37-45)42-22-10-7-11-23-42)61-59(62-58)49-35-36-53-52-31-15-16-32-54(52)64(56(53)40-49)51-29-13-8-14-30-51/h4-23,25-40H,1,3,24H2,2H3/b12-6-,20-5-,21-9-,50-19+. The molecule has 7 aromatic carbocycles. The van der Waals surface area contributed by atoms with Crippen molar-refractivity contribution in [1.82, 2.24) is 19.5 Å². The summed E-state index contributed by atoms with van der Waals surface area (Å²) in [5.74, 6) is 1.74. The van der Waals surface area contributed by atoms with Crippen molar-refractivity contribution in [2.45, 2.75) is 13.3 Å². The van der Waals surface area contributed by atoms with Crippen LogP contribution in [0.4, 0.5) is 5.69 Å². The topological polar surface area (TPSA) is 46.8 Å². The zero-order valence-corrected chi connectivity index (χ0v) is 35.6. The van der Waals surface area contributed by atoms with Gasteiger partial charge in [-0.2, -0.15) is 0 Å². The lowest BCUT2D eigenvalue weighted by atomic mass is 9.98. The third kappa shape index (κ3) is 7.72. The van der Waals surface area contributed by atoms with Crippen LogP contribution in [0.2, 0.25) is 0 Å². The van der Waals surface area contributed by atoms with Crippen molar-refractivity contribution in [3.63, 3.8) is 0 Å². The van der Waals surface area contributed by atoms with Crippen LogP contribution in [0.1, 0.15) is 12.5 Å². The number of rotatable bonds is 9. The minimum absolute atomic E-state index is 0.569. The van der Waals surface area contributed by atoms with Gasteiger partial charge in [0, 0.05) is 44.5 Å². The Morgan fingerprint density at radius 3 is 1.84 bits per heavy atom. The molecule has 0 aliphatic carbocycles. The second-order valence-electron chi connectivity index (χ2n) is 15.7. The van der Waals surface area contributed by atoms with Crippen LogP contribution in [-0.4, -0.2) is 19.5 Å². The Bertz CT molecular complexity index is 3350. The van der Waals surface area contributed by atoms with E-state index in [-0.39, 0.29) is 0 Å². The van der Waals surface area contributed by atoms with Crippen molar-refractivity contribution in [3.05, 3.63) is 249 Å². The predicted octanol–water partition coefficient (Wildman–Crippen LogP) is 14.9. The quantitative estimate of drug-likeness (QED) is 0.136. The van der Waals surface area contributed by atoms with E-state index < -0.39 is 0 Å². The molecule has 0 atom stereocenters. The number of hydrogen-bond acceptors (Lipinski definition) is 4. The lowest BCUT2D eigenvalue weighted by Crippen LogP contribution is -2.20. The van der Waals surface area contributed by atoms with E-state index in [9.17, 15) is 0 Å². The van der Waals surface area contributed by atoms with Gasteiger partial charge in [0.1, 0.15) is 0 Å². The van der Waals surface area contributed by atoms with E-state index in [1.165, 1.54) is 10.9 Å². The monoisotopic (exact) mass is 823 g/mol. The fourth-order valence-electron chi connectivity index (χ4n) is 8.63. The summed E-state index contributed by atoms with van der Waals surface area (Å²) in [6, 6.07) is 59.8. The third-order valence-corrected chi connectivity index (χ3v) is 11.6. The number of anilines is 1. The first-order valence-electron chi connectivity index (χ1n) is 21.6. The Hall–Kier alpha value is -8.41. The van der Waals surface area contributed by atoms with Crippen LogP contribution < -0.4 is 4.90 Å². The minimum Gasteiger partial charge on any atom is -0.311 e. The van der Waals surface area contributed by atoms with Crippen molar-refractivity contribution in [1.29, 1.82) is 0 Å². The number of allylic oxidation sites excluding steroid dienone is 8. The molecule has 0 amide bonds. The number of aromatic nitrogens is 4. The molecule has 0 radical (unpaired) electrons. The molecule has 0 spiro atoms. The first-order chi connectivity index (χ1) is 31.6. The molecule has 5 heteroatoms. The average molecular weight is 824 g/mol. The number of nitrogens with zero attached hydrogens (tertiary/aromatic N) is 5. The van der Waals surface area contributed by atoms with Crippen LogP contribution in [0.5, 0.6) is 0 Å². The fourth-order valence-corrected chi connectivity index (χ4v) is 8.63. The maximum absolute atomic E-state index is 5.31. The van der Waals surface area contributed by atoms with Gasteiger partial charge in [-0.25, -0.2) is 15.0 Å². The van der Waals surface area contributed by atoms with Gasteiger partial charge in [0.05, 0.1) is 16.7 Å². The maximum Gasteiger partial charge on any atom is 0.164 e. The van der Waals surface area contributed by atoms with Gasteiger partial charge in [-0.1, -0.05) is 171 Å². The second-order valence-corrected chi connectivity index (χ2v) is 15.7. The number of para-hydroxylation sites is 2. The molecule has 0 bridgehead atoms. The molecule has 0 fully saturated rings. The van der Waals surface area contributed by atoms with Gasteiger partial charge in [-0.15, -0.1) is 0 Å². The first kappa shape index (κ1) is 39.7. The van der Waals surface area contributed by atoms with E-state index in [2.05, 4.69) is 205 Å². The molecular weight excluding hydrogens is 779 g/mol. The summed E-state index contributed by atoms with van der Waals surface area (Å²) in [5.41, 5.74) is 14.4. The lowest BCUT2D eigenvalue weighted by molar-refractivity contribution is 1.07. The molecule has 0 saturated carbocycles. The van der Waals surface area contributed by atoms with Crippen LogP contribution >= 0.6 is 0 Å². The Morgan fingerprint density at radius 1 is 0.547 bits per heavy atom. The van der Waals surface area contributed by atoms with Crippen molar-refractivity contribution in [2.75, 3.05) is 4.90 Å². The van der Waals surface area contributed by atoms with Gasteiger partial charge in [-0.05, 0) is 102 Å². The second kappa shape index (κ2) is 17.5. The fraction of sp³-hybridized carbons (Fsp3) is 0.0339. The Kier molecular flexibility index (Phi) is 10.9. The molecule has 2 aromatic heterocycles. The van der Waals surface area contributed by atoms with Gasteiger partial charge in [0.25, 0.3) is 0 Å². The van der Waals surface area contributed by atoms with Gasteiger partial charge in [-0.3, -0.25) is 0 Å². The van der Waals surface area contributed by atoms with Crippen LogP contribution in [0, 0.1) is 0 Å². The number of fused-ring (bicyclic) bond motifs is 4. The molecule has 9 aromatic rings. The average Bonchev–Trinajstić information content (AvgIpc) is 3.71. The van der Waals surface area contributed by atoms with Crippen molar-refractivity contribution in [3.8, 4) is 62.1 Å². The summed E-state index contributed by atoms with van der Waals surface area (Å²) in [6.07, 6.45) is 17.0. The molecule has 10 rings (SSSR count). The SMILES string of the molecule is C=C/C=C(\C=C/C)N1C(=C)/C=C\C=C/Cc2ccc(-c3nc(-c4cccc(-c5cccc(-c6ccccc6)c5)c4)nc(-c4ccc5c6ccccc6n(-c6ccccc6)c5c4)n3)cc21. The molecule has 3 heterocycles. The summed E-state index contributed by atoms with van der Waals surface area (Å²) in [6.45, 7) is 10.6. The minimum atomic E-state index is 0.569. The van der Waals surface area contributed by atoms with E-state index in [1.807, 2.05) is 43.4 Å². The highest BCUT2D eigenvalue weighted by Gasteiger charge is 2.21. The molecule has 1 aliphatic heterocycles. The Morgan fingerprint density at radius 2 is 1.12 bits per heavy atom. The van der Waals surface area contributed by atoms with E-state index in [0.717, 1.165) is 84.6 Å². The summed E-state index contributed by atoms with van der Waals surface area (Å²) in [5, 5.41) is 2.35. The highest BCUT2D eigenvalue weighted by Crippen LogP contribution is 2.38. The largest absolute Gasteiger partial charge is 0.311 e. The van der Waals surface area contributed by atoms with Gasteiger partial charge in [0.2, 0.25) is 0 Å². The van der Waals surface area contributed by atoms with Crippen molar-refractivity contribution < 1.29 is 0 Å². The van der Waals surface area contributed by atoms with Gasteiger partial charge < -0.3 is 9.47 Å². The molecule has 0 unspecified atom stereocenters. The third-order valence-electron chi connectivity index (χ3n) is 11.6. The summed E-state index contributed by atoms with van der Waals surface area (Å²) in [7, 11) is 0. The summed E-state index contributed by atoms with van der Waals surface area (Å²) >= 11 is 0. The van der Waals surface area contributed by atoms with Crippen molar-refractivity contribution in [2.24, 2.45) is 0 Å². The van der Waals surface area contributed by atoms with E-state index in [0.29, 0.717) is 17.5 Å². The molecule has 64 heavy (non-hydrogen) atoms. The Balaban J connectivity index is 1.17. The highest BCUT2D eigenvalue weighted by atomic mass is 15.2. The first-order valence-corrected chi connectivity index (χ1v) is 21.6. The van der Waals surface area contributed by atoms with Crippen LogP contribution in [0.25, 0.3) is 83.9 Å². The predicted molar refractivity (Wildman–Crippen MR) is 268 cm³/mol. The van der Waals surface area contributed by atoms with Gasteiger partial charge >= 0.3 is 0 Å². The zero-order chi connectivity index (χ0) is 43.4. The smallest absolute Gasteiger partial charge is 0.164 e. The van der Waals surface area contributed by atoms with Gasteiger partial charge in [0.15, 0.2) is 17.5 Å². The normalized spacial score (nSPS) is 14.0. The molecule has 1 aliphatic rings. The zero-order valence-electron chi connectivity index (χ0n) is 35.6. The van der Waals surface area contributed by atoms with Crippen LogP contribution in [0.3, 0.4) is 0 Å². The molecular formula is C59H45N5. The van der Waals surface area contributed by atoms with E-state index >= 15 is 0 Å². The summed E-state index contributed by atoms with van der Waals surface area (Å²) in [4.78, 5) is 18.1. The molecule has 5 nitrogen and oxygen atoms in total. The lowest BCUT2D eigenvalue weighted by Gasteiger charge is -2.29. The Labute approximate surface area is 374 Å². The highest BCUT2D eigenvalue weighted by molar-refractivity contribution is 6.10. The molecule has 306 valence electrons. The molecule has 0 saturated heterocycles. The van der Waals surface area contributed by atoms with Crippen molar-refractivity contribution >= 4 is 27.5 Å². The number of hydrogen-bond donors (Lipinski definition) is 0. The maximum atomic E-state index is 5.31.